The molecule has 3 aromatic carbocycles. The van der Waals surface area contributed by atoms with Gasteiger partial charge < -0.3 is 20.4 Å². The molecule has 0 aliphatic heterocycles. The third-order valence-electron chi connectivity index (χ3n) is 4.18. The number of benzene rings is 3. The van der Waals surface area contributed by atoms with Gasteiger partial charge >= 0.3 is 6.03 Å². The fraction of sp³-hybridized carbons (Fsp3) is 0. The number of hydrogen-bond acceptors (Lipinski definition) is 3. The van der Waals surface area contributed by atoms with Crippen molar-refractivity contribution in [3.63, 3.8) is 0 Å². The Morgan fingerprint density at radius 1 is 0.786 bits per heavy atom. The molecule has 0 unspecified atom stereocenters. The van der Waals surface area contributed by atoms with Crippen LogP contribution in [0.3, 0.4) is 0 Å². The van der Waals surface area contributed by atoms with Crippen molar-refractivity contribution in [3.05, 3.63) is 90.7 Å². The van der Waals surface area contributed by atoms with E-state index < -0.39 is 0 Å². The molecule has 4 N–H and O–H groups in total. The highest BCUT2D eigenvalue weighted by molar-refractivity contribution is 6.08. The van der Waals surface area contributed by atoms with Crippen LogP contribution < -0.4 is 16.0 Å². The zero-order chi connectivity index (χ0) is 19.3. The van der Waals surface area contributed by atoms with Crippen molar-refractivity contribution in [2.24, 2.45) is 0 Å². The fourth-order valence-electron chi connectivity index (χ4n) is 2.87. The summed E-state index contributed by atoms with van der Waals surface area (Å²) in [5, 5.41) is 17.8. The van der Waals surface area contributed by atoms with Gasteiger partial charge in [-0.15, -0.1) is 0 Å². The molecule has 0 aliphatic carbocycles. The van der Waals surface area contributed by atoms with Crippen LogP contribution in [-0.2, 0) is 0 Å². The Labute approximate surface area is 161 Å². The normalized spacial score (nSPS) is 10.4. The Bertz CT molecular complexity index is 1140. The Morgan fingerprint density at radius 2 is 1.57 bits per heavy atom. The molecule has 0 aliphatic rings. The Kier molecular flexibility index (Phi) is 4.76. The van der Waals surface area contributed by atoms with Gasteiger partial charge in [0.15, 0.2) is 5.58 Å². The van der Waals surface area contributed by atoms with E-state index >= 15 is 0 Å². The van der Waals surface area contributed by atoms with E-state index in [0.29, 0.717) is 22.5 Å². The summed E-state index contributed by atoms with van der Waals surface area (Å²) in [5.41, 5.74) is 3.29. The van der Waals surface area contributed by atoms with Gasteiger partial charge in [-0.1, -0.05) is 42.5 Å². The number of amidine groups is 1. The zero-order valence-corrected chi connectivity index (χ0v) is 14.9. The van der Waals surface area contributed by atoms with Crippen LogP contribution in [0.2, 0.25) is 0 Å². The molecule has 0 bridgehead atoms. The predicted molar refractivity (Wildman–Crippen MR) is 112 cm³/mol. The molecule has 0 radical (unpaired) electrons. The van der Waals surface area contributed by atoms with E-state index in [2.05, 4.69) is 16.0 Å². The van der Waals surface area contributed by atoms with Crippen molar-refractivity contribution in [2.45, 2.75) is 0 Å². The summed E-state index contributed by atoms with van der Waals surface area (Å²) in [6, 6.07) is 23.6. The number of rotatable bonds is 4. The number of nitrogens with one attached hydrogen (secondary N) is 4. The second kappa shape index (κ2) is 7.67. The Balaban J connectivity index is 1.45. The number of carbonyl (C=O) groups excluding carboxylic acids is 1. The first-order valence-corrected chi connectivity index (χ1v) is 8.74. The van der Waals surface area contributed by atoms with Gasteiger partial charge in [-0.25, -0.2) is 4.79 Å². The van der Waals surface area contributed by atoms with Gasteiger partial charge in [-0.3, -0.25) is 5.41 Å². The zero-order valence-electron chi connectivity index (χ0n) is 14.9. The summed E-state index contributed by atoms with van der Waals surface area (Å²) in [6.07, 6.45) is 1.59. The molecule has 0 spiro atoms. The van der Waals surface area contributed by atoms with Gasteiger partial charge in [0.25, 0.3) is 0 Å². The van der Waals surface area contributed by atoms with Crippen LogP contribution in [0.5, 0.6) is 0 Å². The monoisotopic (exact) mass is 370 g/mol. The smallest absolute Gasteiger partial charge is 0.323 e. The summed E-state index contributed by atoms with van der Waals surface area (Å²) >= 11 is 0. The van der Waals surface area contributed by atoms with E-state index in [1.807, 2.05) is 54.6 Å². The third-order valence-corrected chi connectivity index (χ3v) is 4.18. The molecule has 1 aromatic heterocycles. The lowest BCUT2D eigenvalue weighted by Gasteiger charge is -2.11. The molecule has 1 heterocycles. The van der Waals surface area contributed by atoms with Crippen molar-refractivity contribution in [3.8, 4) is 0 Å². The predicted octanol–water partition coefficient (Wildman–Crippen LogP) is 5.51. The minimum absolute atomic E-state index is 0.246. The van der Waals surface area contributed by atoms with Crippen LogP contribution in [0.15, 0.2) is 89.5 Å². The van der Waals surface area contributed by atoms with E-state index in [4.69, 9.17) is 9.83 Å². The molecule has 0 saturated carbocycles. The van der Waals surface area contributed by atoms with Crippen molar-refractivity contribution < 1.29 is 9.21 Å². The van der Waals surface area contributed by atoms with Crippen molar-refractivity contribution in [2.75, 3.05) is 16.0 Å². The maximum absolute atomic E-state index is 12.4. The van der Waals surface area contributed by atoms with Gasteiger partial charge in [0, 0.05) is 22.3 Å². The number of amides is 2. The van der Waals surface area contributed by atoms with Crippen LogP contribution in [0.25, 0.3) is 11.0 Å². The molecule has 0 atom stereocenters. The summed E-state index contributed by atoms with van der Waals surface area (Å²) in [4.78, 5) is 12.4. The molecule has 0 saturated heterocycles. The number of fused-ring (bicyclic) bond motifs is 1. The van der Waals surface area contributed by atoms with Crippen molar-refractivity contribution in [1.29, 1.82) is 5.41 Å². The molecule has 2 amide bonds. The molecule has 4 aromatic rings. The second-order valence-electron chi connectivity index (χ2n) is 6.17. The van der Waals surface area contributed by atoms with Crippen molar-refractivity contribution >= 4 is 39.9 Å². The van der Waals surface area contributed by atoms with Crippen LogP contribution in [0, 0.1) is 5.41 Å². The SMILES string of the molecule is N=C(Nc1ccccc1)c1cccc(NC(=O)Nc2cccc3ccoc23)c1. The number of furan rings is 1. The molecule has 6 nitrogen and oxygen atoms in total. The summed E-state index contributed by atoms with van der Waals surface area (Å²) in [5.74, 6) is 0.246. The maximum Gasteiger partial charge on any atom is 0.323 e. The van der Waals surface area contributed by atoms with Gasteiger partial charge in [0.05, 0.1) is 12.0 Å². The average Bonchev–Trinajstić information content (AvgIpc) is 3.19. The van der Waals surface area contributed by atoms with Gasteiger partial charge in [0.1, 0.15) is 5.84 Å². The minimum atomic E-state index is -0.386. The molecule has 4 rings (SSSR count). The fourth-order valence-corrected chi connectivity index (χ4v) is 2.87. The van der Waals surface area contributed by atoms with E-state index in [9.17, 15) is 4.79 Å². The highest BCUT2D eigenvalue weighted by Crippen LogP contribution is 2.24. The van der Waals surface area contributed by atoms with E-state index in [-0.39, 0.29) is 11.9 Å². The number of hydrogen-bond donors (Lipinski definition) is 4. The molecule has 6 heteroatoms. The molecular formula is C22H18N4O2. The van der Waals surface area contributed by atoms with E-state index in [1.54, 1.807) is 30.5 Å². The number of carbonyl (C=O) groups is 1. The third kappa shape index (κ3) is 3.86. The van der Waals surface area contributed by atoms with Crippen molar-refractivity contribution in [1.82, 2.24) is 0 Å². The maximum atomic E-state index is 12.4. The lowest BCUT2D eigenvalue weighted by Crippen LogP contribution is -2.20. The highest BCUT2D eigenvalue weighted by Gasteiger charge is 2.09. The standard InChI is InChI=1S/C22H18N4O2/c23-21(24-17-8-2-1-3-9-17)16-7-4-10-18(14-16)25-22(27)26-19-11-5-6-15-12-13-28-20(15)19/h1-14H,(H2,23,24)(H2,25,26,27). The van der Waals surface area contributed by atoms with Gasteiger partial charge in [-0.2, -0.15) is 0 Å². The largest absolute Gasteiger partial charge is 0.462 e. The summed E-state index contributed by atoms with van der Waals surface area (Å²) in [6.45, 7) is 0. The van der Waals surface area contributed by atoms with E-state index in [1.165, 1.54) is 0 Å². The number of urea groups is 1. The number of para-hydroxylation sites is 2. The second-order valence-corrected chi connectivity index (χ2v) is 6.17. The van der Waals surface area contributed by atoms with Crippen LogP contribution >= 0.6 is 0 Å². The van der Waals surface area contributed by atoms with Gasteiger partial charge in [-0.05, 0) is 36.4 Å². The molecule has 0 fully saturated rings. The van der Waals surface area contributed by atoms with Crippen LogP contribution in [0.4, 0.5) is 21.9 Å². The van der Waals surface area contributed by atoms with Crippen LogP contribution in [0.1, 0.15) is 5.56 Å². The van der Waals surface area contributed by atoms with E-state index in [0.717, 1.165) is 11.1 Å². The highest BCUT2D eigenvalue weighted by atomic mass is 16.3. The quantitative estimate of drug-likeness (QED) is 0.282. The first kappa shape index (κ1) is 17.4. The Morgan fingerprint density at radius 3 is 2.43 bits per heavy atom. The topological polar surface area (TPSA) is 90.2 Å². The molecular weight excluding hydrogens is 352 g/mol. The lowest BCUT2D eigenvalue weighted by atomic mass is 10.1. The average molecular weight is 370 g/mol. The lowest BCUT2D eigenvalue weighted by molar-refractivity contribution is 0.262. The summed E-state index contributed by atoms with van der Waals surface area (Å²) in [7, 11) is 0. The Hall–Kier alpha value is -4.06. The molecule has 28 heavy (non-hydrogen) atoms. The van der Waals surface area contributed by atoms with Crippen LogP contribution in [-0.4, -0.2) is 11.9 Å². The summed E-state index contributed by atoms with van der Waals surface area (Å²) < 4.78 is 5.43. The number of anilines is 3. The minimum Gasteiger partial charge on any atom is -0.462 e. The molecule has 138 valence electrons. The first-order valence-electron chi connectivity index (χ1n) is 8.74. The first-order chi connectivity index (χ1) is 13.7. The van der Waals surface area contributed by atoms with Gasteiger partial charge in [0.2, 0.25) is 0 Å².